The van der Waals surface area contributed by atoms with E-state index in [1.54, 1.807) is 29.4 Å². The summed E-state index contributed by atoms with van der Waals surface area (Å²) in [5.41, 5.74) is 0.929. The number of sulfonamides is 1. The molecule has 0 saturated carbocycles. The van der Waals surface area contributed by atoms with Gasteiger partial charge in [-0.05, 0) is 35.9 Å². The molecule has 0 fully saturated rings. The van der Waals surface area contributed by atoms with E-state index in [0.717, 1.165) is 5.56 Å². The van der Waals surface area contributed by atoms with Crippen molar-refractivity contribution in [2.24, 2.45) is 0 Å². The molecule has 0 atom stereocenters. The highest BCUT2D eigenvalue weighted by Crippen LogP contribution is 2.15. The van der Waals surface area contributed by atoms with Gasteiger partial charge in [-0.3, -0.25) is 9.78 Å². The Bertz CT molecular complexity index is 797. The van der Waals surface area contributed by atoms with Gasteiger partial charge in [0.1, 0.15) is 0 Å². The van der Waals surface area contributed by atoms with Crippen molar-refractivity contribution in [2.75, 3.05) is 13.1 Å². The van der Waals surface area contributed by atoms with Crippen molar-refractivity contribution in [1.82, 2.24) is 14.6 Å². The number of rotatable bonds is 7. The predicted molar refractivity (Wildman–Crippen MR) is 92.0 cm³/mol. The van der Waals surface area contributed by atoms with E-state index in [0.29, 0.717) is 11.6 Å². The SMILES string of the molecule is CC(=O)N(CCNS(=O)(=O)c1cccc(Cl)c1)Cc1ccncc1. The third-order valence-electron chi connectivity index (χ3n) is 3.35. The largest absolute Gasteiger partial charge is 0.337 e. The van der Waals surface area contributed by atoms with E-state index in [4.69, 9.17) is 11.6 Å². The van der Waals surface area contributed by atoms with Gasteiger partial charge in [0.2, 0.25) is 15.9 Å². The van der Waals surface area contributed by atoms with Gasteiger partial charge in [-0.2, -0.15) is 0 Å². The van der Waals surface area contributed by atoms with Gasteiger partial charge in [-0.1, -0.05) is 17.7 Å². The first-order valence-corrected chi connectivity index (χ1v) is 9.14. The number of benzene rings is 1. The number of pyridine rings is 1. The van der Waals surface area contributed by atoms with E-state index >= 15 is 0 Å². The average Bonchev–Trinajstić information content (AvgIpc) is 2.54. The Kier molecular flexibility index (Phi) is 6.30. The highest BCUT2D eigenvalue weighted by atomic mass is 35.5. The van der Waals surface area contributed by atoms with Crippen molar-refractivity contribution in [2.45, 2.75) is 18.4 Å². The number of aromatic nitrogens is 1. The molecule has 1 aromatic heterocycles. The molecule has 1 N–H and O–H groups in total. The zero-order valence-corrected chi connectivity index (χ0v) is 14.7. The summed E-state index contributed by atoms with van der Waals surface area (Å²) in [6.07, 6.45) is 3.30. The normalized spacial score (nSPS) is 11.2. The highest BCUT2D eigenvalue weighted by Gasteiger charge is 2.15. The van der Waals surface area contributed by atoms with E-state index in [1.165, 1.54) is 19.1 Å². The molecule has 0 unspecified atom stereocenters. The van der Waals surface area contributed by atoms with Crippen LogP contribution in [-0.2, 0) is 21.4 Å². The van der Waals surface area contributed by atoms with Crippen LogP contribution in [0.15, 0.2) is 53.7 Å². The molecule has 2 rings (SSSR count). The van der Waals surface area contributed by atoms with Crippen LogP contribution in [0, 0.1) is 0 Å². The Hall–Kier alpha value is -1.96. The van der Waals surface area contributed by atoms with Crippen molar-refractivity contribution < 1.29 is 13.2 Å². The Labute approximate surface area is 146 Å². The second-order valence-electron chi connectivity index (χ2n) is 5.15. The van der Waals surface area contributed by atoms with Gasteiger partial charge in [0.15, 0.2) is 0 Å². The zero-order valence-electron chi connectivity index (χ0n) is 13.1. The first-order valence-electron chi connectivity index (χ1n) is 7.28. The lowest BCUT2D eigenvalue weighted by Crippen LogP contribution is -2.37. The van der Waals surface area contributed by atoms with E-state index < -0.39 is 10.0 Å². The number of carbonyl (C=O) groups excluding carboxylic acids is 1. The van der Waals surface area contributed by atoms with Gasteiger partial charge in [0.05, 0.1) is 4.90 Å². The summed E-state index contributed by atoms with van der Waals surface area (Å²) in [5, 5.41) is 0.348. The summed E-state index contributed by atoms with van der Waals surface area (Å²) in [4.78, 5) is 17.3. The minimum Gasteiger partial charge on any atom is -0.337 e. The molecule has 1 heterocycles. The van der Waals surface area contributed by atoms with Crippen molar-refractivity contribution in [1.29, 1.82) is 0 Å². The molecule has 24 heavy (non-hydrogen) atoms. The van der Waals surface area contributed by atoms with Gasteiger partial charge >= 0.3 is 0 Å². The summed E-state index contributed by atoms with van der Waals surface area (Å²) in [6, 6.07) is 9.64. The zero-order chi connectivity index (χ0) is 17.6. The number of carbonyl (C=O) groups is 1. The predicted octanol–water partition coefficient (Wildman–Crippen LogP) is 2.06. The van der Waals surface area contributed by atoms with Crippen LogP contribution >= 0.6 is 11.6 Å². The van der Waals surface area contributed by atoms with Crippen LogP contribution in [0.1, 0.15) is 12.5 Å². The molecule has 128 valence electrons. The maximum absolute atomic E-state index is 12.2. The first-order chi connectivity index (χ1) is 11.4. The van der Waals surface area contributed by atoms with Crippen LogP contribution < -0.4 is 4.72 Å². The average molecular weight is 368 g/mol. The summed E-state index contributed by atoms with van der Waals surface area (Å²) in [7, 11) is -3.66. The highest BCUT2D eigenvalue weighted by molar-refractivity contribution is 7.89. The molecule has 8 heteroatoms. The second kappa shape index (κ2) is 8.23. The third-order valence-corrected chi connectivity index (χ3v) is 5.04. The number of halogens is 1. The summed E-state index contributed by atoms with van der Waals surface area (Å²) >= 11 is 5.82. The lowest BCUT2D eigenvalue weighted by Gasteiger charge is -2.21. The maximum Gasteiger partial charge on any atom is 0.240 e. The molecule has 0 spiro atoms. The van der Waals surface area contributed by atoms with Crippen molar-refractivity contribution in [3.05, 3.63) is 59.4 Å². The van der Waals surface area contributed by atoms with Gasteiger partial charge in [-0.25, -0.2) is 13.1 Å². The van der Waals surface area contributed by atoms with Gasteiger partial charge in [0.25, 0.3) is 0 Å². The monoisotopic (exact) mass is 367 g/mol. The van der Waals surface area contributed by atoms with E-state index in [1.807, 2.05) is 12.1 Å². The van der Waals surface area contributed by atoms with Crippen LogP contribution in [0.4, 0.5) is 0 Å². The van der Waals surface area contributed by atoms with Crippen LogP contribution in [0.25, 0.3) is 0 Å². The number of nitrogens with one attached hydrogen (secondary N) is 1. The quantitative estimate of drug-likeness (QED) is 0.812. The topological polar surface area (TPSA) is 79.4 Å². The van der Waals surface area contributed by atoms with E-state index in [9.17, 15) is 13.2 Å². The van der Waals surface area contributed by atoms with Crippen LogP contribution in [0.5, 0.6) is 0 Å². The molecular weight excluding hydrogens is 350 g/mol. The summed E-state index contributed by atoms with van der Waals surface area (Å²) < 4.78 is 26.9. The fourth-order valence-corrected chi connectivity index (χ4v) is 3.41. The molecule has 0 radical (unpaired) electrons. The summed E-state index contributed by atoms with van der Waals surface area (Å²) in [6.45, 7) is 2.22. The third kappa shape index (κ3) is 5.30. The van der Waals surface area contributed by atoms with Crippen molar-refractivity contribution in [3.8, 4) is 0 Å². The van der Waals surface area contributed by atoms with Gasteiger partial charge in [0, 0.05) is 44.0 Å². The molecule has 1 aromatic carbocycles. The fourth-order valence-electron chi connectivity index (χ4n) is 2.09. The molecule has 2 aromatic rings. The Morgan fingerprint density at radius 3 is 2.58 bits per heavy atom. The fraction of sp³-hybridized carbons (Fsp3) is 0.250. The number of hydrogen-bond donors (Lipinski definition) is 1. The number of amides is 1. The lowest BCUT2D eigenvalue weighted by molar-refractivity contribution is -0.129. The Morgan fingerprint density at radius 1 is 1.25 bits per heavy atom. The van der Waals surface area contributed by atoms with Crippen molar-refractivity contribution >= 4 is 27.5 Å². The Morgan fingerprint density at radius 2 is 1.96 bits per heavy atom. The lowest BCUT2D eigenvalue weighted by atomic mass is 10.2. The molecule has 0 aliphatic heterocycles. The van der Waals surface area contributed by atoms with Gasteiger partial charge < -0.3 is 4.90 Å². The Balaban J connectivity index is 1.96. The molecule has 0 aliphatic carbocycles. The summed E-state index contributed by atoms with van der Waals surface area (Å²) in [5.74, 6) is -0.131. The molecule has 0 saturated heterocycles. The second-order valence-corrected chi connectivity index (χ2v) is 7.35. The molecule has 0 aliphatic rings. The van der Waals surface area contributed by atoms with E-state index in [-0.39, 0.29) is 23.9 Å². The van der Waals surface area contributed by atoms with Crippen LogP contribution in [0.2, 0.25) is 5.02 Å². The van der Waals surface area contributed by atoms with Crippen molar-refractivity contribution in [3.63, 3.8) is 0 Å². The minimum atomic E-state index is -3.66. The molecule has 0 bridgehead atoms. The molecule has 1 amide bonds. The van der Waals surface area contributed by atoms with Crippen LogP contribution in [-0.4, -0.2) is 37.3 Å². The van der Waals surface area contributed by atoms with E-state index in [2.05, 4.69) is 9.71 Å². The number of hydrogen-bond acceptors (Lipinski definition) is 4. The molecular formula is C16H18ClN3O3S. The first kappa shape index (κ1) is 18.4. The maximum atomic E-state index is 12.2. The molecule has 6 nitrogen and oxygen atoms in total. The van der Waals surface area contributed by atoms with Crippen LogP contribution in [0.3, 0.4) is 0 Å². The minimum absolute atomic E-state index is 0.0958. The standard InChI is InChI=1S/C16H18ClN3O3S/c1-13(21)20(12-14-5-7-18-8-6-14)10-9-19-24(22,23)16-4-2-3-15(17)11-16/h2-8,11,19H,9-10,12H2,1H3. The number of nitrogens with zero attached hydrogens (tertiary/aromatic N) is 2. The van der Waals surface area contributed by atoms with Gasteiger partial charge in [-0.15, -0.1) is 0 Å². The smallest absolute Gasteiger partial charge is 0.240 e.